The molecule has 1 N–H and O–H groups in total. The molecule has 0 saturated heterocycles. The number of rotatable bonds is 5. The first-order valence-electron chi connectivity index (χ1n) is 7.61. The van der Waals surface area contributed by atoms with Crippen LogP contribution in [0.4, 0.5) is 5.69 Å². The fourth-order valence-corrected chi connectivity index (χ4v) is 3.06. The molecular weight excluding hydrogens is 338 g/mol. The number of carbonyl (C=O) groups is 1. The monoisotopic (exact) mass is 355 g/mol. The van der Waals surface area contributed by atoms with Gasteiger partial charge >= 0.3 is 0 Å². The summed E-state index contributed by atoms with van der Waals surface area (Å²) in [6, 6.07) is 10.7. The number of ether oxygens (including phenoxy) is 1. The van der Waals surface area contributed by atoms with Gasteiger partial charge in [0.2, 0.25) is 5.91 Å². The molecule has 0 bridgehead atoms. The Bertz CT molecular complexity index is 948. The molecule has 0 unspecified atom stereocenters. The van der Waals surface area contributed by atoms with Crippen molar-refractivity contribution >= 4 is 22.9 Å². The lowest BCUT2D eigenvalue weighted by atomic mass is 10.2. The number of benzene rings is 1. The molecule has 0 radical (unpaired) electrons. The number of anilines is 1. The van der Waals surface area contributed by atoms with Gasteiger partial charge in [0.05, 0.1) is 29.7 Å². The summed E-state index contributed by atoms with van der Waals surface area (Å²) in [5, 5.41) is 4.69. The highest BCUT2D eigenvalue weighted by atomic mass is 32.1. The first kappa shape index (κ1) is 16.9. The summed E-state index contributed by atoms with van der Waals surface area (Å²) in [6.45, 7) is 1.81. The zero-order valence-electron chi connectivity index (χ0n) is 13.9. The summed E-state index contributed by atoms with van der Waals surface area (Å²) < 4.78 is 6.51. The Hall–Kier alpha value is -2.93. The Balaban J connectivity index is 1.75. The summed E-state index contributed by atoms with van der Waals surface area (Å²) in [4.78, 5) is 29.7. The molecule has 0 spiro atoms. The molecule has 25 heavy (non-hydrogen) atoms. The van der Waals surface area contributed by atoms with Crippen molar-refractivity contribution in [1.29, 1.82) is 0 Å². The van der Waals surface area contributed by atoms with Crippen LogP contribution in [0.3, 0.4) is 0 Å². The molecule has 3 aromatic rings. The van der Waals surface area contributed by atoms with E-state index in [1.54, 1.807) is 6.07 Å². The van der Waals surface area contributed by atoms with Crippen LogP contribution in [0.5, 0.6) is 5.75 Å². The van der Waals surface area contributed by atoms with Crippen molar-refractivity contribution in [2.75, 3.05) is 12.4 Å². The second-order valence-electron chi connectivity index (χ2n) is 5.47. The van der Waals surface area contributed by atoms with Crippen LogP contribution in [0, 0.1) is 6.92 Å². The van der Waals surface area contributed by atoms with Gasteiger partial charge in [-0.25, -0.2) is 4.98 Å². The summed E-state index contributed by atoms with van der Waals surface area (Å²) in [7, 11) is 1.54. The van der Waals surface area contributed by atoms with E-state index in [1.807, 2.05) is 36.6 Å². The largest absolute Gasteiger partial charge is 0.495 e. The van der Waals surface area contributed by atoms with E-state index in [9.17, 15) is 9.59 Å². The molecule has 0 fully saturated rings. The van der Waals surface area contributed by atoms with Crippen LogP contribution in [0.1, 0.15) is 5.56 Å². The molecule has 0 aliphatic carbocycles. The van der Waals surface area contributed by atoms with Crippen LogP contribution in [0.25, 0.3) is 10.6 Å². The molecule has 0 aliphatic heterocycles. The Morgan fingerprint density at radius 3 is 2.84 bits per heavy atom. The van der Waals surface area contributed by atoms with Gasteiger partial charge in [-0.15, -0.1) is 11.3 Å². The highest BCUT2D eigenvalue weighted by molar-refractivity contribution is 7.13. The van der Waals surface area contributed by atoms with Gasteiger partial charge in [-0.2, -0.15) is 0 Å². The van der Waals surface area contributed by atoms with Gasteiger partial charge in [0.25, 0.3) is 5.56 Å². The van der Waals surface area contributed by atoms with Gasteiger partial charge in [0.1, 0.15) is 12.3 Å². The van der Waals surface area contributed by atoms with Crippen LogP contribution in [0.2, 0.25) is 0 Å². The Morgan fingerprint density at radius 2 is 2.16 bits per heavy atom. The average molecular weight is 355 g/mol. The van der Waals surface area contributed by atoms with Crippen molar-refractivity contribution in [3.63, 3.8) is 0 Å². The third kappa shape index (κ3) is 3.95. The van der Waals surface area contributed by atoms with E-state index in [2.05, 4.69) is 10.3 Å². The number of thiophene rings is 1. The maximum Gasteiger partial charge on any atom is 0.254 e. The molecule has 1 amide bonds. The minimum absolute atomic E-state index is 0.117. The second kappa shape index (κ2) is 7.31. The smallest absolute Gasteiger partial charge is 0.254 e. The number of methoxy groups -OCH3 is 1. The van der Waals surface area contributed by atoms with Crippen molar-refractivity contribution < 1.29 is 9.53 Å². The van der Waals surface area contributed by atoms with Crippen LogP contribution in [-0.4, -0.2) is 22.6 Å². The minimum atomic E-state index is -0.323. The number of hydrogen-bond acceptors (Lipinski definition) is 5. The third-order valence-corrected chi connectivity index (χ3v) is 4.49. The predicted molar refractivity (Wildman–Crippen MR) is 98.2 cm³/mol. The Morgan fingerprint density at radius 1 is 1.32 bits per heavy atom. The fraction of sp³-hybridized carbons (Fsp3) is 0.167. The Kier molecular flexibility index (Phi) is 4.95. The van der Waals surface area contributed by atoms with Crippen molar-refractivity contribution in [2.24, 2.45) is 0 Å². The standard InChI is InChI=1S/C18H17N3O3S/c1-12-5-6-15(24-2)13(8-12)20-17(22)10-21-11-19-14(9-18(21)23)16-4-3-7-25-16/h3-9,11H,10H2,1-2H3,(H,20,22). The number of aromatic nitrogens is 2. The van der Waals surface area contributed by atoms with Crippen LogP contribution < -0.4 is 15.6 Å². The van der Waals surface area contributed by atoms with Gasteiger partial charge in [-0.3, -0.25) is 14.2 Å². The zero-order chi connectivity index (χ0) is 17.8. The lowest BCUT2D eigenvalue weighted by molar-refractivity contribution is -0.116. The highest BCUT2D eigenvalue weighted by Crippen LogP contribution is 2.25. The van der Waals surface area contributed by atoms with E-state index >= 15 is 0 Å². The quantitative estimate of drug-likeness (QED) is 0.764. The van der Waals surface area contributed by atoms with E-state index in [4.69, 9.17) is 4.74 Å². The predicted octanol–water partition coefficient (Wildman–Crippen LogP) is 2.93. The summed E-state index contributed by atoms with van der Waals surface area (Å²) in [6.07, 6.45) is 1.39. The number of aryl methyl sites for hydroxylation is 1. The lowest BCUT2D eigenvalue weighted by Crippen LogP contribution is -2.27. The lowest BCUT2D eigenvalue weighted by Gasteiger charge is -2.11. The first-order valence-corrected chi connectivity index (χ1v) is 8.49. The van der Waals surface area contributed by atoms with Crippen LogP contribution in [0.15, 0.2) is 52.9 Å². The maximum atomic E-state index is 12.3. The molecule has 0 saturated carbocycles. The number of nitrogens with zero attached hydrogens (tertiary/aromatic N) is 2. The molecule has 0 atom stereocenters. The highest BCUT2D eigenvalue weighted by Gasteiger charge is 2.10. The molecule has 2 aromatic heterocycles. The molecule has 3 rings (SSSR count). The van der Waals surface area contributed by atoms with Gasteiger partial charge in [-0.05, 0) is 36.1 Å². The molecule has 0 aliphatic rings. The number of nitrogens with one attached hydrogen (secondary N) is 1. The molecule has 1 aromatic carbocycles. The summed E-state index contributed by atoms with van der Waals surface area (Å²) in [5.74, 6) is 0.245. The van der Waals surface area contributed by atoms with Crippen molar-refractivity contribution in [2.45, 2.75) is 13.5 Å². The van der Waals surface area contributed by atoms with Crippen molar-refractivity contribution in [3.05, 3.63) is 64.0 Å². The van der Waals surface area contributed by atoms with Crippen molar-refractivity contribution in [1.82, 2.24) is 9.55 Å². The molecule has 7 heteroatoms. The van der Waals surface area contributed by atoms with Crippen LogP contribution >= 0.6 is 11.3 Å². The van der Waals surface area contributed by atoms with E-state index < -0.39 is 0 Å². The average Bonchev–Trinajstić information content (AvgIpc) is 3.11. The van der Waals surface area contributed by atoms with Gasteiger partial charge in [-0.1, -0.05) is 12.1 Å². The summed E-state index contributed by atoms with van der Waals surface area (Å²) >= 11 is 1.51. The molecule has 6 nitrogen and oxygen atoms in total. The maximum absolute atomic E-state index is 12.3. The summed E-state index contributed by atoms with van der Waals surface area (Å²) in [5.41, 5.74) is 1.90. The number of amides is 1. The van der Waals surface area contributed by atoms with E-state index in [0.29, 0.717) is 17.1 Å². The first-order chi connectivity index (χ1) is 12.1. The van der Waals surface area contributed by atoms with Crippen molar-refractivity contribution in [3.8, 4) is 16.3 Å². The van der Waals surface area contributed by atoms with Crippen LogP contribution in [-0.2, 0) is 11.3 Å². The van der Waals surface area contributed by atoms with Gasteiger partial charge in [0, 0.05) is 6.07 Å². The fourth-order valence-electron chi connectivity index (χ4n) is 2.37. The molecule has 2 heterocycles. The normalized spacial score (nSPS) is 10.5. The second-order valence-corrected chi connectivity index (χ2v) is 6.42. The molecule has 128 valence electrons. The van der Waals surface area contributed by atoms with E-state index in [1.165, 1.54) is 35.4 Å². The topological polar surface area (TPSA) is 73.2 Å². The molecular formula is C18H17N3O3S. The SMILES string of the molecule is COc1ccc(C)cc1NC(=O)Cn1cnc(-c2cccs2)cc1=O. The number of hydrogen-bond donors (Lipinski definition) is 1. The Labute approximate surface area is 148 Å². The van der Waals surface area contributed by atoms with Gasteiger partial charge in [0.15, 0.2) is 0 Å². The van der Waals surface area contributed by atoms with E-state index in [0.717, 1.165) is 10.4 Å². The minimum Gasteiger partial charge on any atom is -0.495 e. The zero-order valence-corrected chi connectivity index (χ0v) is 14.7. The van der Waals surface area contributed by atoms with Gasteiger partial charge < -0.3 is 10.1 Å². The van der Waals surface area contributed by atoms with E-state index in [-0.39, 0.29) is 18.0 Å². The third-order valence-electron chi connectivity index (χ3n) is 3.60. The number of carbonyl (C=O) groups excluding carboxylic acids is 1.